The van der Waals surface area contributed by atoms with Crippen molar-refractivity contribution in [2.45, 2.75) is 13.8 Å². The van der Waals surface area contributed by atoms with Gasteiger partial charge in [0.2, 0.25) is 0 Å². The number of halogens is 1. The standard InChI is InChI=1S/C9H9BrO3/c1-4-3-6(9(12)13)5(2)8(11)7(4)10/h3,11H,1-2H3,(H,12,13). The van der Waals surface area contributed by atoms with Crippen molar-refractivity contribution in [3.8, 4) is 5.75 Å². The van der Waals surface area contributed by atoms with Crippen LogP contribution in [0.25, 0.3) is 0 Å². The van der Waals surface area contributed by atoms with Crippen LogP contribution in [-0.2, 0) is 0 Å². The molecule has 1 aromatic carbocycles. The van der Waals surface area contributed by atoms with Gasteiger partial charge in [0.05, 0.1) is 10.0 Å². The summed E-state index contributed by atoms with van der Waals surface area (Å²) >= 11 is 3.17. The van der Waals surface area contributed by atoms with Crippen LogP contribution < -0.4 is 0 Å². The largest absolute Gasteiger partial charge is 0.506 e. The van der Waals surface area contributed by atoms with Crippen LogP contribution in [0.3, 0.4) is 0 Å². The Labute approximate surface area is 84.1 Å². The van der Waals surface area contributed by atoms with Gasteiger partial charge in [0.25, 0.3) is 0 Å². The first-order valence-corrected chi connectivity index (χ1v) is 4.46. The zero-order chi connectivity index (χ0) is 10.2. The summed E-state index contributed by atoms with van der Waals surface area (Å²) in [4.78, 5) is 10.7. The van der Waals surface area contributed by atoms with Crippen molar-refractivity contribution in [3.63, 3.8) is 0 Å². The van der Waals surface area contributed by atoms with Gasteiger partial charge in [-0.25, -0.2) is 4.79 Å². The van der Waals surface area contributed by atoms with E-state index in [-0.39, 0.29) is 11.3 Å². The average molecular weight is 245 g/mol. The molecule has 1 aromatic rings. The summed E-state index contributed by atoms with van der Waals surface area (Å²) in [6.07, 6.45) is 0. The van der Waals surface area contributed by atoms with E-state index in [9.17, 15) is 9.90 Å². The third kappa shape index (κ3) is 1.67. The molecule has 13 heavy (non-hydrogen) atoms. The van der Waals surface area contributed by atoms with Gasteiger partial charge in [-0.1, -0.05) is 0 Å². The molecule has 0 bridgehead atoms. The van der Waals surface area contributed by atoms with E-state index in [0.29, 0.717) is 15.6 Å². The minimum absolute atomic E-state index is 0.00241. The molecule has 1 rings (SSSR count). The van der Waals surface area contributed by atoms with Crippen LogP contribution in [-0.4, -0.2) is 16.2 Å². The van der Waals surface area contributed by atoms with Gasteiger partial charge in [-0.05, 0) is 41.4 Å². The Hall–Kier alpha value is -1.03. The second kappa shape index (κ2) is 3.38. The number of aromatic hydroxyl groups is 1. The lowest BCUT2D eigenvalue weighted by Crippen LogP contribution is -2.01. The normalized spacial score (nSPS) is 10.1. The highest BCUT2D eigenvalue weighted by atomic mass is 79.9. The average Bonchev–Trinajstić information content (AvgIpc) is 2.07. The van der Waals surface area contributed by atoms with Crippen molar-refractivity contribution >= 4 is 21.9 Å². The summed E-state index contributed by atoms with van der Waals surface area (Å²) in [6, 6.07) is 1.53. The summed E-state index contributed by atoms with van der Waals surface area (Å²) in [5.74, 6) is -1.03. The molecule has 2 N–H and O–H groups in total. The Balaban J connectivity index is 3.50. The summed E-state index contributed by atoms with van der Waals surface area (Å²) in [5.41, 5.74) is 1.23. The van der Waals surface area contributed by atoms with Gasteiger partial charge in [-0.2, -0.15) is 0 Å². The van der Waals surface area contributed by atoms with Crippen LogP contribution in [0.2, 0.25) is 0 Å². The van der Waals surface area contributed by atoms with E-state index in [4.69, 9.17) is 5.11 Å². The van der Waals surface area contributed by atoms with E-state index < -0.39 is 5.97 Å². The maximum absolute atomic E-state index is 10.7. The third-order valence-corrected chi connectivity index (χ3v) is 2.91. The van der Waals surface area contributed by atoms with Crippen LogP contribution in [0.15, 0.2) is 10.5 Å². The van der Waals surface area contributed by atoms with Gasteiger partial charge in [-0.15, -0.1) is 0 Å². The van der Waals surface area contributed by atoms with Crippen LogP contribution >= 0.6 is 15.9 Å². The predicted molar refractivity (Wildman–Crippen MR) is 52.2 cm³/mol. The molecular formula is C9H9BrO3. The predicted octanol–water partition coefficient (Wildman–Crippen LogP) is 2.47. The second-order valence-corrected chi connectivity index (χ2v) is 3.63. The van der Waals surface area contributed by atoms with Crippen molar-refractivity contribution in [1.29, 1.82) is 0 Å². The second-order valence-electron chi connectivity index (χ2n) is 2.83. The minimum atomic E-state index is -1.02. The quantitative estimate of drug-likeness (QED) is 0.798. The molecule has 0 radical (unpaired) electrons. The highest BCUT2D eigenvalue weighted by Gasteiger charge is 2.14. The SMILES string of the molecule is Cc1cc(C(=O)O)c(C)c(O)c1Br. The molecule has 0 amide bonds. The Morgan fingerprint density at radius 2 is 2.00 bits per heavy atom. The number of aromatic carboxylic acids is 1. The first-order valence-electron chi connectivity index (χ1n) is 3.67. The van der Waals surface area contributed by atoms with Crippen LogP contribution in [0.4, 0.5) is 0 Å². The van der Waals surface area contributed by atoms with Gasteiger partial charge in [0, 0.05) is 5.56 Å². The van der Waals surface area contributed by atoms with Crippen molar-refractivity contribution in [3.05, 3.63) is 27.2 Å². The summed E-state index contributed by atoms with van der Waals surface area (Å²) < 4.78 is 0.551. The number of carboxylic acids is 1. The van der Waals surface area contributed by atoms with Gasteiger partial charge >= 0.3 is 5.97 Å². The number of aryl methyl sites for hydroxylation is 1. The summed E-state index contributed by atoms with van der Waals surface area (Å²) in [7, 11) is 0. The van der Waals surface area contributed by atoms with Gasteiger partial charge in [0.15, 0.2) is 0 Å². The van der Waals surface area contributed by atoms with E-state index in [1.165, 1.54) is 6.07 Å². The van der Waals surface area contributed by atoms with Gasteiger partial charge in [0.1, 0.15) is 5.75 Å². The zero-order valence-electron chi connectivity index (χ0n) is 7.26. The monoisotopic (exact) mass is 244 g/mol. The molecule has 70 valence electrons. The van der Waals surface area contributed by atoms with Crippen molar-refractivity contribution in [1.82, 2.24) is 0 Å². The summed E-state index contributed by atoms with van der Waals surface area (Å²) in [6.45, 7) is 3.30. The first-order chi connectivity index (χ1) is 5.95. The lowest BCUT2D eigenvalue weighted by atomic mass is 10.0. The highest BCUT2D eigenvalue weighted by molar-refractivity contribution is 9.10. The van der Waals surface area contributed by atoms with Crippen LogP contribution in [0.5, 0.6) is 5.75 Å². The minimum Gasteiger partial charge on any atom is -0.506 e. The molecule has 0 spiro atoms. The maximum Gasteiger partial charge on any atom is 0.336 e. The Morgan fingerprint density at radius 3 is 2.46 bits per heavy atom. The van der Waals surface area contributed by atoms with Crippen LogP contribution in [0, 0.1) is 13.8 Å². The van der Waals surface area contributed by atoms with Crippen molar-refractivity contribution in [2.24, 2.45) is 0 Å². The third-order valence-electron chi connectivity index (χ3n) is 1.90. The lowest BCUT2D eigenvalue weighted by Gasteiger charge is -2.08. The fraction of sp³-hybridized carbons (Fsp3) is 0.222. The van der Waals surface area contributed by atoms with Crippen molar-refractivity contribution < 1.29 is 15.0 Å². The molecule has 0 atom stereocenters. The molecule has 0 saturated heterocycles. The molecular weight excluding hydrogens is 236 g/mol. The van der Waals surface area contributed by atoms with E-state index in [1.54, 1.807) is 13.8 Å². The van der Waals surface area contributed by atoms with Gasteiger partial charge < -0.3 is 10.2 Å². The molecule has 0 aliphatic heterocycles. The number of hydrogen-bond donors (Lipinski definition) is 2. The maximum atomic E-state index is 10.7. The molecule has 0 aliphatic rings. The summed E-state index contributed by atoms with van der Waals surface area (Å²) in [5, 5.41) is 18.3. The van der Waals surface area contributed by atoms with E-state index >= 15 is 0 Å². The number of phenolic OH excluding ortho intramolecular Hbond substituents is 1. The topological polar surface area (TPSA) is 57.5 Å². The zero-order valence-corrected chi connectivity index (χ0v) is 8.84. The fourth-order valence-corrected chi connectivity index (χ4v) is 1.50. The number of benzene rings is 1. The molecule has 0 aliphatic carbocycles. The van der Waals surface area contributed by atoms with E-state index in [1.807, 2.05) is 0 Å². The number of carbonyl (C=O) groups is 1. The van der Waals surface area contributed by atoms with Gasteiger partial charge in [-0.3, -0.25) is 0 Å². The number of phenols is 1. The lowest BCUT2D eigenvalue weighted by molar-refractivity contribution is 0.0695. The van der Waals surface area contributed by atoms with E-state index in [2.05, 4.69) is 15.9 Å². The molecule has 0 aromatic heterocycles. The number of rotatable bonds is 1. The molecule has 0 heterocycles. The fourth-order valence-electron chi connectivity index (χ4n) is 1.09. The first kappa shape index (κ1) is 10.1. The molecule has 0 unspecified atom stereocenters. The number of hydrogen-bond acceptors (Lipinski definition) is 2. The molecule has 0 saturated carbocycles. The Morgan fingerprint density at radius 1 is 1.46 bits per heavy atom. The molecule has 4 heteroatoms. The van der Waals surface area contributed by atoms with Crippen LogP contribution in [0.1, 0.15) is 21.5 Å². The Bertz CT molecular complexity index is 372. The Kier molecular flexibility index (Phi) is 2.61. The highest BCUT2D eigenvalue weighted by Crippen LogP contribution is 2.32. The smallest absolute Gasteiger partial charge is 0.336 e. The number of carboxylic acid groups (broad SMARTS) is 1. The van der Waals surface area contributed by atoms with E-state index in [0.717, 1.165) is 0 Å². The molecule has 0 fully saturated rings. The molecule has 3 nitrogen and oxygen atoms in total. The van der Waals surface area contributed by atoms with Crippen molar-refractivity contribution in [2.75, 3.05) is 0 Å².